The van der Waals surface area contributed by atoms with Crippen LogP contribution in [-0.4, -0.2) is 5.91 Å². The molecule has 0 fully saturated rings. The van der Waals surface area contributed by atoms with Crippen molar-refractivity contribution in [3.8, 4) is 0 Å². The standard InChI is InChI=1S/C16H14FNO/c1-12(19)18-16-8-3-2-6-14(16)10-9-13-5-4-7-15(17)11-13/h2-11H,1H3,(H,18,19)/b10-9+. The molecule has 0 spiro atoms. The molecule has 2 aromatic rings. The van der Waals surface area contributed by atoms with Gasteiger partial charge in [0.1, 0.15) is 5.82 Å². The molecule has 1 N–H and O–H groups in total. The van der Waals surface area contributed by atoms with Crippen LogP contribution in [0.3, 0.4) is 0 Å². The van der Waals surface area contributed by atoms with E-state index in [4.69, 9.17) is 0 Å². The Balaban J connectivity index is 2.25. The highest BCUT2D eigenvalue weighted by Gasteiger charge is 2.00. The van der Waals surface area contributed by atoms with Crippen LogP contribution in [0.1, 0.15) is 18.1 Å². The highest BCUT2D eigenvalue weighted by Crippen LogP contribution is 2.18. The molecule has 3 heteroatoms. The number of hydrogen-bond acceptors (Lipinski definition) is 1. The first-order valence-corrected chi connectivity index (χ1v) is 5.95. The molecular formula is C16H14FNO. The molecule has 0 bridgehead atoms. The number of anilines is 1. The van der Waals surface area contributed by atoms with Crippen LogP contribution in [0.25, 0.3) is 12.2 Å². The molecule has 0 aliphatic carbocycles. The molecule has 0 saturated heterocycles. The lowest BCUT2D eigenvalue weighted by molar-refractivity contribution is -0.114. The van der Waals surface area contributed by atoms with Crippen molar-refractivity contribution < 1.29 is 9.18 Å². The van der Waals surface area contributed by atoms with Crippen molar-refractivity contribution in [3.05, 3.63) is 65.5 Å². The molecule has 2 nitrogen and oxygen atoms in total. The molecule has 0 atom stereocenters. The van der Waals surface area contributed by atoms with Crippen LogP contribution in [0.5, 0.6) is 0 Å². The Hall–Kier alpha value is -2.42. The van der Waals surface area contributed by atoms with Gasteiger partial charge < -0.3 is 5.32 Å². The van der Waals surface area contributed by atoms with E-state index in [0.717, 1.165) is 16.8 Å². The smallest absolute Gasteiger partial charge is 0.221 e. The average molecular weight is 255 g/mol. The topological polar surface area (TPSA) is 29.1 Å². The molecule has 2 rings (SSSR count). The summed E-state index contributed by atoms with van der Waals surface area (Å²) < 4.78 is 13.1. The maximum absolute atomic E-state index is 13.1. The first-order chi connectivity index (χ1) is 9.15. The second-order valence-corrected chi connectivity index (χ2v) is 4.16. The molecule has 0 aliphatic heterocycles. The Morgan fingerprint density at radius 1 is 1.11 bits per heavy atom. The number of hydrogen-bond donors (Lipinski definition) is 1. The molecule has 0 radical (unpaired) electrons. The quantitative estimate of drug-likeness (QED) is 0.826. The van der Waals surface area contributed by atoms with Gasteiger partial charge in [-0.3, -0.25) is 4.79 Å². The zero-order chi connectivity index (χ0) is 13.7. The van der Waals surface area contributed by atoms with Gasteiger partial charge in [-0.25, -0.2) is 4.39 Å². The highest BCUT2D eigenvalue weighted by molar-refractivity contribution is 5.92. The molecule has 0 heterocycles. The van der Waals surface area contributed by atoms with Crippen molar-refractivity contribution in [1.82, 2.24) is 0 Å². The Morgan fingerprint density at radius 2 is 1.89 bits per heavy atom. The summed E-state index contributed by atoms with van der Waals surface area (Å²) in [5.41, 5.74) is 2.39. The van der Waals surface area contributed by atoms with E-state index in [-0.39, 0.29) is 11.7 Å². The molecule has 0 aromatic heterocycles. The molecule has 96 valence electrons. The van der Waals surface area contributed by atoms with Crippen molar-refractivity contribution >= 4 is 23.7 Å². The number of benzene rings is 2. The summed E-state index contributed by atoms with van der Waals surface area (Å²) in [5.74, 6) is -0.385. The molecule has 1 amide bonds. The van der Waals surface area contributed by atoms with Crippen molar-refractivity contribution in [1.29, 1.82) is 0 Å². The van der Waals surface area contributed by atoms with E-state index in [2.05, 4.69) is 5.32 Å². The first kappa shape index (κ1) is 13.0. The maximum atomic E-state index is 13.1. The minimum Gasteiger partial charge on any atom is -0.326 e. The highest BCUT2D eigenvalue weighted by atomic mass is 19.1. The lowest BCUT2D eigenvalue weighted by atomic mass is 10.1. The molecule has 0 saturated carbocycles. The zero-order valence-electron chi connectivity index (χ0n) is 10.6. The van der Waals surface area contributed by atoms with Gasteiger partial charge in [0.15, 0.2) is 0 Å². The summed E-state index contributed by atoms with van der Waals surface area (Å²) in [6, 6.07) is 13.8. The van der Waals surface area contributed by atoms with Gasteiger partial charge >= 0.3 is 0 Å². The van der Waals surface area contributed by atoms with E-state index >= 15 is 0 Å². The number of para-hydroxylation sites is 1. The van der Waals surface area contributed by atoms with Crippen molar-refractivity contribution in [3.63, 3.8) is 0 Å². The largest absolute Gasteiger partial charge is 0.326 e. The third-order valence-electron chi connectivity index (χ3n) is 2.58. The van der Waals surface area contributed by atoms with E-state index in [1.54, 1.807) is 6.07 Å². The van der Waals surface area contributed by atoms with E-state index in [1.807, 2.05) is 42.5 Å². The van der Waals surface area contributed by atoms with Gasteiger partial charge in [-0.2, -0.15) is 0 Å². The van der Waals surface area contributed by atoms with Gasteiger partial charge in [0.25, 0.3) is 0 Å². The van der Waals surface area contributed by atoms with Crippen LogP contribution in [0.4, 0.5) is 10.1 Å². The predicted octanol–water partition coefficient (Wildman–Crippen LogP) is 3.95. The molecule has 19 heavy (non-hydrogen) atoms. The number of carbonyl (C=O) groups is 1. The molecular weight excluding hydrogens is 241 g/mol. The second-order valence-electron chi connectivity index (χ2n) is 4.16. The van der Waals surface area contributed by atoms with Crippen LogP contribution >= 0.6 is 0 Å². The summed E-state index contributed by atoms with van der Waals surface area (Å²) >= 11 is 0. The van der Waals surface area contributed by atoms with Crippen LogP contribution in [0.15, 0.2) is 48.5 Å². The third kappa shape index (κ3) is 3.78. The first-order valence-electron chi connectivity index (χ1n) is 5.95. The number of amides is 1. The van der Waals surface area contributed by atoms with Crippen LogP contribution < -0.4 is 5.32 Å². The minimum absolute atomic E-state index is 0.119. The fourth-order valence-electron chi connectivity index (χ4n) is 1.74. The van der Waals surface area contributed by atoms with Crippen LogP contribution in [0.2, 0.25) is 0 Å². The number of halogens is 1. The van der Waals surface area contributed by atoms with Crippen molar-refractivity contribution in [2.45, 2.75) is 6.92 Å². The van der Waals surface area contributed by atoms with Gasteiger partial charge in [0.05, 0.1) is 0 Å². The second kappa shape index (κ2) is 5.96. The molecule has 0 unspecified atom stereocenters. The fourth-order valence-corrected chi connectivity index (χ4v) is 1.74. The van der Waals surface area contributed by atoms with Gasteiger partial charge in [0.2, 0.25) is 5.91 Å². The average Bonchev–Trinajstić information content (AvgIpc) is 2.37. The molecule has 2 aromatic carbocycles. The van der Waals surface area contributed by atoms with Crippen molar-refractivity contribution in [2.24, 2.45) is 0 Å². The number of nitrogens with one attached hydrogen (secondary N) is 1. The lowest BCUT2D eigenvalue weighted by Gasteiger charge is -2.05. The van der Waals surface area contributed by atoms with E-state index in [9.17, 15) is 9.18 Å². The SMILES string of the molecule is CC(=O)Nc1ccccc1/C=C/c1cccc(F)c1. The summed E-state index contributed by atoms with van der Waals surface area (Å²) in [6.45, 7) is 1.47. The number of carbonyl (C=O) groups excluding carboxylic acids is 1. The summed E-state index contributed by atoms with van der Waals surface area (Å²) in [6.07, 6.45) is 3.66. The van der Waals surface area contributed by atoms with Crippen LogP contribution in [-0.2, 0) is 4.79 Å². The van der Waals surface area contributed by atoms with Gasteiger partial charge in [-0.15, -0.1) is 0 Å². The van der Waals surface area contributed by atoms with E-state index in [1.165, 1.54) is 19.1 Å². The van der Waals surface area contributed by atoms with E-state index in [0.29, 0.717) is 0 Å². The zero-order valence-corrected chi connectivity index (χ0v) is 10.6. The lowest BCUT2D eigenvalue weighted by Crippen LogP contribution is -2.06. The Morgan fingerprint density at radius 3 is 2.63 bits per heavy atom. The Kier molecular flexibility index (Phi) is 4.08. The monoisotopic (exact) mass is 255 g/mol. The van der Waals surface area contributed by atoms with Gasteiger partial charge in [-0.05, 0) is 29.3 Å². The normalized spacial score (nSPS) is 10.6. The van der Waals surface area contributed by atoms with Crippen LogP contribution in [0, 0.1) is 5.82 Å². The Labute approximate surface area is 111 Å². The number of rotatable bonds is 3. The van der Waals surface area contributed by atoms with E-state index < -0.39 is 0 Å². The summed E-state index contributed by atoms with van der Waals surface area (Å²) in [7, 11) is 0. The van der Waals surface area contributed by atoms with Gasteiger partial charge in [0, 0.05) is 12.6 Å². The Bertz CT molecular complexity index is 620. The fraction of sp³-hybridized carbons (Fsp3) is 0.0625. The predicted molar refractivity (Wildman–Crippen MR) is 76.1 cm³/mol. The third-order valence-corrected chi connectivity index (χ3v) is 2.58. The summed E-state index contributed by atoms with van der Waals surface area (Å²) in [4.78, 5) is 11.1. The van der Waals surface area contributed by atoms with Crippen molar-refractivity contribution in [2.75, 3.05) is 5.32 Å². The maximum Gasteiger partial charge on any atom is 0.221 e. The summed E-state index contributed by atoms with van der Waals surface area (Å²) in [5, 5.41) is 2.76. The van der Waals surface area contributed by atoms with Gasteiger partial charge in [-0.1, -0.05) is 42.5 Å². The minimum atomic E-state index is -0.266. The molecule has 0 aliphatic rings.